The van der Waals surface area contributed by atoms with E-state index in [4.69, 9.17) is 9.47 Å². The summed E-state index contributed by atoms with van der Waals surface area (Å²) in [6.07, 6.45) is 1.64. The molecule has 142 valence electrons. The number of para-hydroxylation sites is 3. The highest BCUT2D eigenvalue weighted by Gasteiger charge is 2.19. The first kappa shape index (κ1) is 18.0. The van der Waals surface area contributed by atoms with E-state index in [-0.39, 0.29) is 5.91 Å². The monoisotopic (exact) mass is 375 g/mol. The normalized spacial score (nSPS) is 13.8. The number of ether oxygens (including phenoxy) is 2. The van der Waals surface area contributed by atoms with Crippen molar-refractivity contribution in [3.05, 3.63) is 78.6 Å². The molecule has 1 aliphatic heterocycles. The van der Waals surface area contributed by atoms with E-state index in [1.807, 2.05) is 60.7 Å². The minimum absolute atomic E-state index is 0.0826. The fourth-order valence-corrected chi connectivity index (χ4v) is 2.98. The Morgan fingerprint density at radius 3 is 2.57 bits per heavy atom. The van der Waals surface area contributed by atoms with Crippen LogP contribution in [0.1, 0.15) is 10.5 Å². The Morgan fingerprint density at radius 2 is 1.75 bits per heavy atom. The molecule has 0 unspecified atom stereocenters. The Morgan fingerprint density at radius 1 is 1.00 bits per heavy atom. The van der Waals surface area contributed by atoms with Crippen molar-refractivity contribution < 1.29 is 14.3 Å². The van der Waals surface area contributed by atoms with Gasteiger partial charge in [0.15, 0.2) is 5.75 Å². The fourth-order valence-electron chi connectivity index (χ4n) is 2.98. The summed E-state index contributed by atoms with van der Waals surface area (Å²) in [5.41, 5.74) is 1.99. The summed E-state index contributed by atoms with van der Waals surface area (Å²) in [6, 6.07) is 20.9. The fraction of sp³-hybridized carbons (Fsp3) is 0.182. The third-order valence-electron chi connectivity index (χ3n) is 4.41. The lowest BCUT2D eigenvalue weighted by atomic mass is 10.2. The first-order valence-corrected chi connectivity index (χ1v) is 9.21. The zero-order valence-electron chi connectivity index (χ0n) is 15.4. The Kier molecular flexibility index (Phi) is 5.49. The minimum atomic E-state index is -0.0826. The molecule has 28 heavy (non-hydrogen) atoms. The Labute approximate surface area is 163 Å². The predicted molar refractivity (Wildman–Crippen MR) is 107 cm³/mol. The highest BCUT2D eigenvalue weighted by Crippen LogP contribution is 2.31. The maximum Gasteiger partial charge on any atom is 0.272 e. The van der Waals surface area contributed by atoms with E-state index in [0.717, 1.165) is 17.1 Å². The van der Waals surface area contributed by atoms with E-state index < -0.39 is 0 Å². The van der Waals surface area contributed by atoms with E-state index >= 15 is 0 Å². The number of carbonyl (C=O) groups excluding carboxylic acids is 1. The topological polar surface area (TPSA) is 63.7 Å². The second-order valence-electron chi connectivity index (χ2n) is 6.37. The number of amides is 1. The molecule has 0 radical (unpaired) electrons. The maximum atomic E-state index is 12.7. The molecular weight excluding hydrogens is 354 g/mol. The quantitative estimate of drug-likeness (QED) is 0.728. The van der Waals surface area contributed by atoms with E-state index in [2.05, 4.69) is 10.3 Å². The molecule has 3 aromatic rings. The van der Waals surface area contributed by atoms with E-state index in [1.165, 1.54) is 0 Å². The van der Waals surface area contributed by atoms with Crippen LogP contribution in [0.4, 0.5) is 11.4 Å². The van der Waals surface area contributed by atoms with Gasteiger partial charge in [-0.15, -0.1) is 0 Å². The second-order valence-corrected chi connectivity index (χ2v) is 6.37. The summed E-state index contributed by atoms with van der Waals surface area (Å²) in [5.74, 6) is 1.38. The molecule has 0 bridgehead atoms. The largest absolute Gasteiger partial charge is 0.455 e. The Balaban J connectivity index is 1.52. The molecule has 0 spiro atoms. The van der Waals surface area contributed by atoms with Gasteiger partial charge in [0, 0.05) is 25.0 Å². The lowest BCUT2D eigenvalue weighted by molar-refractivity contribution is 0.0299. The molecule has 1 saturated heterocycles. The Bertz CT molecular complexity index is 941. The van der Waals surface area contributed by atoms with E-state index in [9.17, 15) is 4.79 Å². The number of carbonyl (C=O) groups is 1. The smallest absolute Gasteiger partial charge is 0.272 e. The number of benzene rings is 2. The first-order chi connectivity index (χ1) is 13.8. The Hall–Kier alpha value is -3.38. The van der Waals surface area contributed by atoms with Crippen LogP contribution < -0.4 is 10.1 Å². The lowest BCUT2D eigenvalue weighted by Gasteiger charge is -2.26. The highest BCUT2D eigenvalue weighted by atomic mass is 16.5. The summed E-state index contributed by atoms with van der Waals surface area (Å²) in [7, 11) is 0. The number of anilines is 2. The van der Waals surface area contributed by atoms with Crippen molar-refractivity contribution >= 4 is 17.3 Å². The number of nitrogens with zero attached hydrogens (tertiary/aromatic N) is 2. The lowest BCUT2D eigenvalue weighted by Crippen LogP contribution is -2.41. The van der Waals surface area contributed by atoms with Gasteiger partial charge in [0.05, 0.1) is 18.9 Å². The van der Waals surface area contributed by atoms with Gasteiger partial charge in [0.1, 0.15) is 11.4 Å². The van der Waals surface area contributed by atoms with Crippen LogP contribution in [0.15, 0.2) is 72.9 Å². The summed E-state index contributed by atoms with van der Waals surface area (Å²) in [5, 5.41) is 3.33. The van der Waals surface area contributed by atoms with Crippen LogP contribution in [0.25, 0.3) is 0 Å². The van der Waals surface area contributed by atoms with Gasteiger partial charge >= 0.3 is 0 Å². The van der Waals surface area contributed by atoms with Gasteiger partial charge in [0.2, 0.25) is 0 Å². The van der Waals surface area contributed by atoms with Crippen LogP contribution in [0, 0.1) is 0 Å². The van der Waals surface area contributed by atoms with Gasteiger partial charge < -0.3 is 19.7 Å². The SMILES string of the molecule is O=C(c1cc(Nc2ccccc2Oc2ccccc2)ccn1)N1CCOCC1. The number of aromatic nitrogens is 1. The molecule has 2 heterocycles. The molecule has 1 aromatic heterocycles. The summed E-state index contributed by atoms with van der Waals surface area (Å²) < 4.78 is 11.3. The molecule has 1 N–H and O–H groups in total. The summed E-state index contributed by atoms with van der Waals surface area (Å²) >= 11 is 0. The zero-order valence-corrected chi connectivity index (χ0v) is 15.4. The molecule has 4 rings (SSSR count). The second kappa shape index (κ2) is 8.54. The van der Waals surface area contributed by atoms with Crippen molar-refractivity contribution in [3.8, 4) is 11.5 Å². The molecule has 6 nitrogen and oxygen atoms in total. The van der Waals surface area contributed by atoms with Gasteiger partial charge in [-0.1, -0.05) is 30.3 Å². The molecule has 2 aromatic carbocycles. The molecule has 0 atom stereocenters. The van der Waals surface area contributed by atoms with Crippen LogP contribution in [-0.4, -0.2) is 42.1 Å². The van der Waals surface area contributed by atoms with Crippen molar-refractivity contribution in [2.24, 2.45) is 0 Å². The summed E-state index contributed by atoms with van der Waals surface area (Å²) in [6.45, 7) is 2.31. The summed E-state index contributed by atoms with van der Waals surface area (Å²) in [4.78, 5) is 18.7. The zero-order chi connectivity index (χ0) is 19.2. The van der Waals surface area contributed by atoms with Crippen molar-refractivity contribution in [2.75, 3.05) is 31.6 Å². The van der Waals surface area contributed by atoms with Crippen LogP contribution in [-0.2, 0) is 4.74 Å². The van der Waals surface area contributed by atoms with Gasteiger partial charge in [-0.2, -0.15) is 0 Å². The number of hydrogen-bond donors (Lipinski definition) is 1. The molecular formula is C22H21N3O3. The molecule has 0 saturated carbocycles. The van der Waals surface area contributed by atoms with Crippen molar-refractivity contribution in [1.29, 1.82) is 0 Å². The maximum absolute atomic E-state index is 12.7. The van der Waals surface area contributed by atoms with E-state index in [1.54, 1.807) is 17.2 Å². The number of morpholine rings is 1. The van der Waals surface area contributed by atoms with Gasteiger partial charge in [-0.05, 0) is 36.4 Å². The molecule has 1 aliphatic rings. The number of rotatable bonds is 5. The number of nitrogens with one attached hydrogen (secondary N) is 1. The highest BCUT2D eigenvalue weighted by molar-refractivity contribution is 5.93. The molecule has 1 fully saturated rings. The van der Waals surface area contributed by atoms with Crippen molar-refractivity contribution in [1.82, 2.24) is 9.88 Å². The van der Waals surface area contributed by atoms with Crippen molar-refractivity contribution in [2.45, 2.75) is 0 Å². The molecule has 0 aliphatic carbocycles. The van der Waals surface area contributed by atoms with E-state index in [0.29, 0.717) is 37.7 Å². The standard InChI is InChI=1S/C22H21N3O3/c26-22(25-12-14-27-15-13-25)20-16-17(10-11-23-20)24-19-8-4-5-9-21(19)28-18-6-2-1-3-7-18/h1-11,16H,12-15H2,(H,23,24). The number of pyridine rings is 1. The minimum Gasteiger partial charge on any atom is -0.455 e. The molecule has 1 amide bonds. The van der Waals surface area contributed by atoms with Crippen LogP contribution >= 0.6 is 0 Å². The van der Waals surface area contributed by atoms with Gasteiger partial charge in [0.25, 0.3) is 5.91 Å². The van der Waals surface area contributed by atoms with Crippen LogP contribution in [0.5, 0.6) is 11.5 Å². The van der Waals surface area contributed by atoms with Crippen LogP contribution in [0.3, 0.4) is 0 Å². The van der Waals surface area contributed by atoms with Crippen molar-refractivity contribution in [3.63, 3.8) is 0 Å². The third-order valence-corrected chi connectivity index (χ3v) is 4.41. The predicted octanol–water partition coefficient (Wildman–Crippen LogP) is 4.09. The first-order valence-electron chi connectivity index (χ1n) is 9.21. The van der Waals surface area contributed by atoms with Gasteiger partial charge in [-0.25, -0.2) is 0 Å². The average Bonchev–Trinajstić information content (AvgIpc) is 2.76. The van der Waals surface area contributed by atoms with Crippen LogP contribution in [0.2, 0.25) is 0 Å². The van der Waals surface area contributed by atoms with Gasteiger partial charge in [-0.3, -0.25) is 9.78 Å². The third kappa shape index (κ3) is 4.29. The average molecular weight is 375 g/mol. The molecule has 6 heteroatoms. The number of hydrogen-bond acceptors (Lipinski definition) is 5.